The summed E-state index contributed by atoms with van der Waals surface area (Å²) in [5.41, 5.74) is 4.65. The van der Waals surface area contributed by atoms with Crippen LogP contribution in [0.25, 0.3) is 0 Å². The molecule has 0 spiro atoms. The molecule has 0 saturated heterocycles. The summed E-state index contributed by atoms with van der Waals surface area (Å²) in [6, 6.07) is 10.7. The Morgan fingerprint density at radius 2 is 2.08 bits per heavy atom. The van der Waals surface area contributed by atoms with Crippen molar-refractivity contribution in [2.45, 2.75) is 32.3 Å². The van der Waals surface area contributed by atoms with Gasteiger partial charge in [-0.25, -0.2) is 5.43 Å². The van der Waals surface area contributed by atoms with Gasteiger partial charge in [0, 0.05) is 0 Å². The molecular weight excluding hydrogens is 359 g/mol. The molecule has 4 nitrogen and oxygen atoms in total. The van der Waals surface area contributed by atoms with E-state index < -0.39 is 5.91 Å². The quantitative estimate of drug-likeness (QED) is 0.614. The number of aryl methyl sites for hydroxylation is 1. The average Bonchev–Trinajstić information content (AvgIpc) is 2.56. The molecule has 2 aromatic carbocycles. The van der Waals surface area contributed by atoms with Crippen molar-refractivity contribution in [1.82, 2.24) is 5.43 Å². The maximum atomic E-state index is 12.1. The first-order valence-electron chi connectivity index (χ1n) is 7.95. The van der Waals surface area contributed by atoms with E-state index >= 15 is 0 Å². The molecule has 2 aromatic rings. The van der Waals surface area contributed by atoms with Crippen molar-refractivity contribution in [3.63, 3.8) is 0 Å². The molecule has 1 aliphatic rings. The minimum atomic E-state index is -0.410. The minimum Gasteiger partial charge on any atom is -0.488 e. The number of nitrogens with one attached hydrogen (secondary N) is 1. The highest BCUT2D eigenvalue weighted by atomic mass is 35.5. The van der Waals surface area contributed by atoms with E-state index in [2.05, 4.69) is 24.4 Å². The van der Waals surface area contributed by atoms with Crippen LogP contribution in [-0.2, 0) is 6.42 Å². The van der Waals surface area contributed by atoms with Crippen molar-refractivity contribution in [2.75, 3.05) is 0 Å². The van der Waals surface area contributed by atoms with E-state index in [4.69, 9.17) is 27.9 Å². The lowest BCUT2D eigenvalue weighted by Crippen LogP contribution is -2.32. The largest absolute Gasteiger partial charge is 0.488 e. The molecule has 0 bridgehead atoms. The number of fused-ring (bicyclic) bond motifs is 1. The molecule has 0 radical (unpaired) electrons. The van der Waals surface area contributed by atoms with Crippen molar-refractivity contribution in [3.05, 3.63) is 63.1 Å². The molecular formula is C19H18Cl2N2O2. The summed E-state index contributed by atoms with van der Waals surface area (Å²) < 4.78 is 5.96. The fourth-order valence-corrected chi connectivity index (χ4v) is 3.05. The van der Waals surface area contributed by atoms with Gasteiger partial charge in [0.05, 0.1) is 21.8 Å². The van der Waals surface area contributed by atoms with E-state index in [1.807, 2.05) is 18.2 Å². The first-order chi connectivity index (χ1) is 11.9. The SMILES string of the molecule is CC1(C)CCc2cc(C=NNC(=O)c3cccc(Cl)c3Cl)ccc2O1. The maximum absolute atomic E-state index is 12.1. The fourth-order valence-electron chi connectivity index (χ4n) is 2.66. The monoisotopic (exact) mass is 376 g/mol. The van der Waals surface area contributed by atoms with E-state index in [0.29, 0.717) is 5.02 Å². The summed E-state index contributed by atoms with van der Waals surface area (Å²) >= 11 is 11.9. The third kappa shape index (κ3) is 4.14. The standard InChI is InChI=1S/C19H18Cl2N2O2/c1-19(2)9-8-13-10-12(6-7-16(13)25-19)11-22-23-18(24)14-4-3-5-15(20)17(14)21/h3-7,10-11H,8-9H2,1-2H3,(H,23,24). The molecule has 1 N–H and O–H groups in total. The molecule has 0 aromatic heterocycles. The molecule has 0 atom stereocenters. The number of nitrogens with zero attached hydrogens (tertiary/aromatic N) is 1. The van der Waals surface area contributed by atoms with Gasteiger partial charge in [0.15, 0.2) is 0 Å². The maximum Gasteiger partial charge on any atom is 0.272 e. The van der Waals surface area contributed by atoms with Crippen LogP contribution in [0.2, 0.25) is 10.0 Å². The predicted octanol–water partition coefficient (Wildman–Crippen LogP) is 4.86. The van der Waals surface area contributed by atoms with Crippen molar-refractivity contribution >= 4 is 35.3 Å². The lowest BCUT2D eigenvalue weighted by molar-refractivity contribution is 0.0846. The second-order valence-corrected chi connectivity index (χ2v) is 7.31. The molecule has 6 heteroatoms. The number of hydrogen-bond acceptors (Lipinski definition) is 3. The van der Waals surface area contributed by atoms with Crippen molar-refractivity contribution < 1.29 is 9.53 Å². The molecule has 3 rings (SSSR count). The molecule has 0 fully saturated rings. The number of amides is 1. The number of hydrazone groups is 1. The molecule has 130 valence electrons. The number of rotatable bonds is 3. The predicted molar refractivity (Wildman–Crippen MR) is 101 cm³/mol. The van der Waals surface area contributed by atoms with Gasteiger partial charge in [-0.05, 0) is 68.1 Å². The zero-order valence-electron chi connectivity index (χ0n) is 14.0. The molecule has 1 heterocycles. The third-order valence-corrected chi connectivity index (χ3v) is 4.86. The average molecular weight is 377 g/mol. The summed E-state index contributed by atoms with van der Waals surface area (Å²) in [6.07, 6.45) is 3.51. The highest BCUT2D eigenvalue weighted by molar-refractivity contribution is 6.43. The zero-order valence-corrected chi connectivity index (χ0v) is 15.5. The van der Waals surface area contributed by atoms with Crippen LogP contribution in [0.15, 0.2) is 41.5 Å². The van der Waals surface area contributed by atoms with Crippen LogP contribution in [0.5, 0.6) is 5.75 Å². The smallest absolute Gasteiger partial charge is 0.272 e. The second kappa shape index (κ2) is 7.06. The molecule has 25 heavy (non-hydrogen) atoms. The van der Waals surface area contributed by atoms with Gasteiger partial charge in [-0.2, -0.15) is 5.10 Å². The van der Waals surface area contributed by atoms with Gasteiger partial charge in [0.1, 0.15) is 11.4 Å². The third-order valence-electron chi connectivity index (χ3n) is 4.04. The summed E-state index contributed by atoms with van der Waals surface area (Å²) in [4.78, 5) is 12.1. The van der Waals surface area contributed by atoms with Crippen LogP contribution in [0.3, 0.4) is 0 Å². The lowest BCUT2D eigenvalue weighted by atomic mass is 9.93. The lowest BCUT2D eigenvalue weighted by Gasteiger charge is -2.32. The van der Waals surface area contributed by atoms with Crippen molar-refractivity contribution in [2.24, 2.45) is 5.10 Å². The van der Waals surface area contributed by atoms with Gasteiger partial charge in [0.2, 0.25) is 0 Å². The molecule has 1 amide bonds. The zero-order chi connectivity index (χ0) is 18.0. The summed E-state index contributed by atoms with van der Waals surface area (Å²) in [5.74, 6) is 0.495. The second-order valence-electron chi connectivity index (χ2n) is 6.53. The van der Waals surface area contributed by atoms with E-state index in [1.54, 1.807) is 24.4 Å². The van der Waals surface area contributed by atoms with Crippen molar-refractivity contribution in [1.29, 1.82) is 0 Å². The number of hydrogen-bond donors (Lipinski definition) is 1. The van der Waals surface area contributed by atoms with E-state index in [1.165, 1.54) is 0 Å². The Morgan fingerprint density at radius 1 is 1.28 bits per heavy atom. The summed E-state index contributed by atoms with van der Waals surface area (Å²) in [5, 5.41) is 4.54. The topological polar surface area (TPSA) is 50.7 Å². The first-order valence-corrected chi connectivity index (χ1v) is 8.71. The molecule has 0 unspecified atom stereocenters. The highest BCUT2D eigenvalue weighted by Gasteiger charge is 2.26. The first kappa shape index (κ1) is 17.8. The van der Waals surface area contributed by atoms with Gasteiger partial charge in [-0.15, -0.1) is 0 Å². The van der Waals surface area contributed by atoms with Gasteiger partial charge in [0.25, 0.3) is 5.91 Å². The molecule has 0 saturated carbocycles. The normalized spacial score (nSPS) is 15.5. The Labute approximate surface area is 156 Å². The van der Waals surface area contributed by atoms with Crippen LogP contribution >= 0.6 is 23.2 Å². The van der Waals surface area contributed by atoms with Crippen LogP contribution in [-0.4, -0.2) is 17.7 Å². The Balaban J connectivity index is 1.69. The van der Waals surface area contributed by atoms with Crippen LogP contribution in [0.4, 0.5) is 0 Å². The van der Waals surface area contributed by atoms with Gasteiger partial charge >= 0.3 is 0 Å². The Morgan fingerprint density at radius 3 is 2.88 bits per heavy atom. The highest BCUT2D eigenvalue weighted by Crippen LogP contribution is 2.33. The van der Waals surface area contributed by atoms with Gasteiger partial charge in [-0.1, -0.05) is 29.3 Å². The summed E-state index contributed by atoms with van der Waals surface area (Å²) in [6.45, 7) is 4.17. The fraction of sp³-hybridized carbons (Fsp3) is 0.263. The Hall–Kier alpha value is -2.04. The number of halogens is 2. The number of ether oxygens (including phenoxy) is 1. The van der Waals surface area contributed by atoms with Crippen LogP contribution in [0.1, 0.15) is 41.8 Å². The Kier molecular flexibility index (Phi) is 5.02. The van der Waals surface area contributed by atoms with Gasteiger partial charge < -0.3 is 4.74 Å². The van der Waals surface area contributed by atoms with E-state index in [-0.39, 0.29) is 16.2 Å². The number of carbonyl (C=O) groups excluding carboxylic acids is 1. The van der Waals surface area contributed by atoms with E-state index in [0.717, 1.165) is 29.7 Å². The minimum absolute atomic E-state index is 0.132. The van der Waals surface area contributed by atoms with Crippen LogP contribution < -0.4 is 10.2 Å². The molecule has 0 aliphatic carbocycles. The molecule has 1 aliphatic heterocycles. The summed E-state index contributed by atoms with van der Waals surface area (Å²) in [7, 11) is 0. The van der Waals surface area contributed by atoms with E-state index in [9.17, 15) is 4.79 Å². The van der Waals surface area contributed by atoms with Gasteiger partial charge in [-0.3, -0.25) is 4.79 Å². The Bertz CT molecular complexity index is 847. The van der Waals surface area contributed by atoms with Crippen molar-refractivity contribution in [3.8, 4) is 5.75 Å². The number of carbonyl (C=O) groups is 1. The van der Waals surface area contributed by atoms with Crippen LogP contribution in [0, 0.1) is 0 Å². The number of benzene rings is 2.